The van der Waals surface area contributed by atoms with Gasteiger partial charge in [0.1, 0.15) is 23.8 Å². The Balaban J connectivity index is 1.92. The lowest BCUT2D eigenvalue weighted by molar-refractivity contribution is 0.580. The van der Waals surface area contributed by atoms with Crippen molar-refractivity contribution in [3.05, 3.63) is 53.5 Å². The number of rotatable bonds is 5. The third kappa shape index (κ3) is 3.98. The maximum atomic E-state index is 13.0. The highest BCUT2D eigenvalue weighted by molar-refractivity contribution is 5.35. The van der Waals surface area contributed by atoms with Crippen molar-refractivity contribution < 1.29 is 8.78 Å². The molecule has 0 unspecified atom stereocenters. The second kappa shape index (κ2) is 6.22. The molecule has 1 aromatic heterocycles. The predicted molar refractivity (Wildman–Crippen MR) is 70.0 cm³/mol. The van der Waals surface area contributed by atoms with Crippen molar-refractivity contribution in [3.8, 4) is 0 Å². The molecule has 0 saturated carbocycles. The van der Waals surface area contributed by atoms with Gasteiger partial charge in [-0.1, -0.05) is 6.92 Å². The number of aryl methyl sites for hydroxylation is 1. The van der Waals surface area contributed by atoms with E-state index in [2.05, 4.69) is 15.3 Å². The van der Waals surface area contributed by atoms with Crippen LogP contribution < -0.4 is 5.32 Å². The van der Waals surface area contributed by atoms with Crippen LogP contribution >= 0.6 is 0 Å². The smallest absolute Gasteiger partial charge is 0.129 e. The molecular weight excluding hydrogens is 248 g/mol. The largest absolute Gasteiger partial charge is 0.370 e. The summed E-state index contributed by atoms with van der Waals surface area (Å²) in [4.78, 5) is 8.18. The Bertz CT molecular complexity index is 538. The zero-order valence-corrected chi connectivity index (χ0v) is 10.7. The lowest BCUT2D eigenvalue weighted by Crippen LogP contribution is -2.07. The van der Waals surface area contributed by atoms with Crippen molar-refractivity contribution in [3.63, 3.8) is 0 Å². The molecule has 1 aromatic carbocycles. The van der Waals surface area contributed by atoms with Crippen LogP contribution in [0.2, 0.25) is 0 Å². The topological polar surface area (TPSA) is 37.8 Å². The van der Waals surface area contributed by atoms with E-state index in [0.717, 1.165) is 24.0 Å². The molecule has 2 rings (SSSR count). The summed E-state index contributed by atoms with van der Waals surface area (Å²) >= 11 is 0. The van der Waals surface area contributed by atoms with E-state index in [1.54, 1.807) is 0 Å². The number of halogens is 2. The fraction of sp³-hybridized carbons (Fsp3) is 0.286. The molecule has 100 valence electrons. The van der Waals surface area contributed by atoms with Crippen molar-refractivity contribution in [2.75, 3.05) is 11.9 Å². The lowest BCUT2D eigenvalue weighted by Gasteiger charge is -2.06. The third-order valence-corrected chi connectivity index (χ3v) is 2.73. The molecule has 0 fully saturated rings. The molecule has 0 atom stereocenters. The van der Waals surface area contributed by atoms with Crippen LogP contribution in [0.15, 0.2) is 30.6 Å². The zero-order chi connectivity index (χ0) is 13.7. The highest BCUT2D eigenvalue weighted by atomic mass is 19.1. The fourth-order valence-electron chi connectivity index (χ4n) is 1.78. The summed E-state index contributed by atoms with van der Waals surface area (Å²) in [5, 5.41) is 3.11. The van der Waals surface area contributed by atoms with Gasteiger partial charge in [-0.2, -0.15) is 0 Å². The number of benzene rings is 1. The molecule has 0 bridgehead atoms. The zero-order valence-electron chi connectivity index (χ0n) is 10.7. The first-order valence-corrected chi connectivity index (χ1v) is 6.17. The molecule has 2 aromatic rings. The van der Waals surface area contributed by atoms with Crippen LogP contribution in [0, 0.1) is 11.6 Å². The van der Waals surface area contributed by atoms with Gasteiger partial charge in [-0.25, -0.2) is 18.7 Å². The maximum absolute atomic E-state index is 13.0. The minimum absolute atomic E-state index is 0.528. The van der Waals surface area contributed by atoms with Gasteiger partial charge in [0, 0.05) is 24.4 Å². The standard InChI is InChI=1S/C14H15F2N3/c1-2-13-8-14(19-9-18-13)17-4-3-10-5-11(15)7-12(16)6-10/h5-9H,2-4H2,1H3,(H,17,18,19). The highest BCUT2D eigenvalue weighted by Gasteiger charge is 2.01. The van der Waals surface area contributed by atoms with Crippen LogP contribution in [-0.2, 0) is 12.8 Å². The molecule has 0 radical (unpaired) electrons. The average Bonchev–Trinajstić information content (AvgIpc) is 2.38. The van der Waals surface area contributed by atoms with Crippen LogP contribution in [0.4, 0.5) is 14.6 Å². The maximum Gasteiger partial charge on any atom is 0.129 e. The Morgan fingerprint density at radius 2 is 1.79 bits per heavy atom. The SMILES string of the molecule is CCc1cc(NCCc2cc(F)cc(F)c2)ncn1. The number of hydrogen-bond donors (Lipinski definition) is 1. The van der Waals surface area contributed by atoms with Gasteiger partial charge in [-0.3, -0.25) is 0 Å². The summed E-state index contributed by atoms with van der Waals surface area (Å²) in [7, 11) is 0. The van der Waals surface area contributed by atoms with Crippen LogP contribution in [0.5, 0.6) is 0 Å². The van der Waals surface area contributed by atoms with Gasteiger partial charge in [0.2, 0.25) is 0 Å². The second-order valence-electron chi connectivity index (χ2n) is 4.20. The number of nitrogens with zero attached hydrogens (tertiary/aromatic N) is 2. The summed E-state index contributed by atoms with van der Waals surface area (Å²) in [5.74, 6) is -0.376. The molecule has 0 aliphatic rings. The van der Waals surface area contributed by atoms with E-state index in [1.165, 1.54) is 18.5 Å². The minimum atomic E-state index is -0.551. The Morgan fingerprint density at radius 3 is 2.47 bits per heavy atom. The van der Waals surface area contributed by atoms with E-state index >= 15 is 0 Å². The van der Waals surface area contributed by atoms with Crippen molar-refractivity contribution in [2.45, 2.75) is 19.8 Å². The van der Waals surface area contributed by atoms with Crippen LogP contribution in [0.1, 0.15) is 18.2 Å². The van der Waals surface area contributed by atoms with Crippen LogP contribution in [0.25, 0.3) is 0 Å². The van der Waals surface area contributed by atoms with Gasteiger partial charge >= 0.3 is 0 Å². The van der Waals surface area contributed by atoms with Gasteiger partial charge in [-0.05, 0) is 30.5 Å². The number of aromatic nitrogens is 2. The van der Waals surface area contributed by atoms with E-state index in [9.17, 15) is 8.78 Å². The van der Waals surface area contributed by atoms with E-state index in [1.807, 2.05) is 13.0 Å². The van der Waals surface area contributed by atoms with Gasteiger partial charge in [0.25, 0.3) is 0 Å². The molecule has 0 aliphatic heterocycles. The second-order valence-corrected chi connectivity index (χ2v) is 4.20. The molecule has 19 heavy (non-hydrogen) atoms. The van der Waals surface area contributed by atoms with E-state index in [0.29, 0.717) is 18.5 Å². The molecular formula is C14H15F2N3. The first-order valence-electron chi connectivity index (χ1n) is 6.17. The Hall–Kier alpha value is -2.04. The first-order chi connectivity index (χ1) is 9.17. The summed E-state index contributed by atoms with van der Waals surface area (Å²) in [6.45, 7) is 2.57. The van der Waals surface area contributed by atoms with Gasteiger partial charge in [0.15, 0.2) is 0 Å². The van der Waals surface area contributed by atoms with E-state index < -0.39 is 11.6 Å². The summed E-state index contributed by atoms with van der Waals surface area (Å²) in [6, 6.07) is 5.41. The van der Waals surface area contributed by atoms with Crippen LogP contribution in [0.3, 0.4) is 0 Å². The monoisotopic (exact) mass is 263 g/mol. The normalized spacial score (nSPS) is 10.5. The first kappa shape index (κ1) is 13.4. The third-order valence-electron chi connectivity index (χ3n) is 2.73. The van der Waals surface area contributed by atoms with Crippen molar-refractivity contribution in [1.29, 1.82) is 0 Å². The van der Waals surface area contributed by atoms with Crippen LogP contribution in [-0.4, -0.2) is 16.5 Å². The highest BCUT2D eigenvalue weighted by Crippen LogP contribution is 2.09. The van der Waals surface area contributed by atoms with Crippen molar-refractivity contribution >= 4 is 5.82 Å². The molecule has 0 amide bonds. The Kier molecular flexibility index (Phi) is 4.39. The minimum Gasteiger partial charge on any atom is -0.370 e. The number of hydrogen-bond acceptors (Lipinski definition) is 3. The Morgan fingerprint density at radius 1 is 1.05 bits per heavy atom. The molecule has 1 N–H and O–H groups in total. The summed E-state index contributed by atoms with van der Waals surface area (Å²) < 4.78 is 26.0. The molecule has 0 spiro atoms. The molecule has 0 aliphatic carbocycles. The molecule has 0 saturated heterocycles. The number of nitrogens with one attached hydrogen (secondary N) is 1. The van der Waals surface area contributed by atoms with Gasteiger partial charge in [-0.15, -0.1) is 0 Å². The van der Waals surface area contributed by atoms with Gasteiger partial charge < -0.3 is 5.32 Å². The van der Waals surface area contributed by atoms with Gasteiger partial charge in [0.05, 0.1) is 0 Å². The van der Waals surface area contributed by atoms with E-state index in [4.69, 9.17) is 0 Å². The van der Waals surface area contributed by atoms with E-state index in [-0.39, 0.29) is 0 Å². The van der Waals surface area contributed by atoms with Crippen molar-refractivity contribution in [2.24, 2.45) is 0 Å². The quantitative estimate of drug-likeness (QED) is 0.901. The summed E-state index contributed by atoms with van der Waals surface area (Å²) in [6.07, 6.45) is 2.87. The average molecular weight is 263 g/mol. The molecule has 1 heterocycles. The molecule has 3 nitrogen and oxygen atoms in total. The fourth-order valence-corrected chi connectivity index (χ4v) is 1.78. The number of anilines is 1. The van der Waals surface area contributed by atoms with Crippen molar-refractivity contribution in [1.82, 2.24) is 9.97 Å². The Labute approximate surface area is 110 Å². The summed E-state index contributed by atoms with van der Waals surface area (Å²) in [5.41, 5.74) is 1.57. The predicted octanol–water partition coefficient (Wildman–Crippen LogP) is 2.97. The lowest BCUT2D eigenvalue weighted by atomic mass is 10.1. The molecule has 5 heteroatoms.